The van der Waals surface area contributed by atoms with E-state index in [9.17, 15) is 4.79 Å². The van der Waals surface area contributed by atoms with Gasteiger partial charge in [0.2, 0.25) is 0 Å². The van der Waals surface area contributed by atoms with E-state index >= 15 is 0 Å². The van der Waals surface area contributed by atoms with Crippen LogP contribution in [-0.4, -0.2) is 27.7 Å². The van der Waals surface area contributed by atoms with Crippen LogP contribution in [0.2, 0.25) is 10.0 Å². The predicted octanol–water partition coefficient (Wildman–Crippen LogP) is 2.81. The topological polar surface area (TPSA) is 69.0 Å². The molecule has 0 bridgehead atoms. The molecular formula is C14H10Cl2N4O2. The van der Waals surface area contributed by atoms with E-state index in [-0.39, 0.29) is 12.5 Å². The largest absolute Gasteiger partial charge is 0.385 e. The Bertz CT molecular complexity index is 817. The number of aromatic nitrogens is 3. The van der Waals surface area contributed by atoms with Gasteiger partial charge in [0.15, 0.2) is 6.61 Å². The Morgan fingerprint density at radius 1 is 1.14 bits per heavy atom. The van der Waals surface area contributed by atoms with Gasteiger partial charge in [0.25, 0.3) is 5.91 Å². The van der Waals surface area contributed by atoms with Crippen LogP contribution in [-0.2, 0) is 4.79 Å². The second-order valence-corrected chi connectivity index (χ2v) is 5.30. The molecular weight excluding hydrogens is 327 g/mol. The highest BCUT2D eigenvalue weighted by atomic mass is 35.5. The van der Waals surface area contributed by atoms with Crippen LogP contribution < -0.4 is 10.2 Å². The van der Waals surface area contributed by atoms with Gasteiger partial charge in [-0.25, -0.2) is 0 Å². The summed E-state index contributed by atoms with van der Waals surface area (Å²) < 4.78 is 0. The predicted molar refractivity (Wildman–Crippen MR) is 84.1 cm³/mol. The van der Waals surface area contributed by atoms with Crippen molar-refractivity contribution in [3.63, 3.8) is 0 Å². The molecule has 8 heteroatoms. The first-order chi connectivity index (χ1) is 10.6. The molecule has 0 aliphatic carbocycles. The van der Waals surface area contributed by atoms with Gasteiger partial charge in [0, 0.05) is 15.7 Å². The van der Waals surface area contributed by atoms with E-state index in [1.807, 2.05) is 0 Å². The van der Waals surface area contributed by atoms with Crippen molar-refractivity contribution >= 4 is 45.8 Å². The maximum atomic E-state index is 11.8. The molecule has 0 aliphatic rings. The lowest BCUT2D eigenvalue weighted by atomic mass is 10.3. The Hall–Kier alpha value is -2.31. The standard InChI is InChI=1S/C14H10Cl2N4O2/c15-9-1-4-11(5-2-9)17-14(21)8-22-20-13-7-10(16)3-6-12(13)18-19-20/h1-7H,8H2,(H,17,21). The van der Waals surface area contributed by atoms with Crippen LogP contribution in [0.3, 0.4) is 0 Å². The summed E-state index contributed by atoms with van der Waals surface area (Å²) >= 11 is 11.7. The maximum absolute atomic E-state index is 11.8. The summed E-state index contributed by atoms with van der Waals surface area (Å²) in [6, 6.07) is 11.9. The van der Waals surface area contributed by atoms with Crippen LogP contribution in [0, 0.1) is 0 Å². The second kappa shape index (κ2) is 6.21. The van der Waals surface area contributed by atoms with Gasteiger partial charge in [-0.1, -0.05) is 28.0 Å². The number of amides is 1. The van der Waals surface area contributed by atoms with E-state index in [0.29, 0.717) is 26.8 Å². The molecule has 0 fully saturated rings. The van der Waals surface area contributed by atoms with Crippen LogP contribution >= 0.6 is 23.2 Å². The van der Waals surface area contributed by atoms with Crippen LogP contribution in [0.25, 0.3) is 11.0 Å². The summed E-state index contributed by atoms with van der Waals surface area (Å²) in [5.74, 6) is -0.326. The third-order valence-corrected chi connectivity index (χ3v) is 3.31. The average molecular weight is 337 g/mol. The number of nitrogens with one attached hydrogen (secondary N) is 1. The quantitative estimate of drug-likeness (QED) is 0.795. The van der Waals surface area contributed by atoms with E-state index in [4.69, 9.17) is 28.0 Å². The summed E-state index contributed by atoms with van der Waals surface area (Å²) in [5.41, 5.74) is 1.85. The maximum Gasteiger partial charge on any atom is 0.265 e. The minimum absolute atomic E-state index is 0.215. The van der Waals surface area contributed by atoms with Crippen molar-refractivity contribution in [1.82, 2.24) is 15.2 Å². The molecule has 0 radical (unpaired) electrons. The van der Waals surface area contributed by atoms with Gasteiger partial charge < -0.3 is 10.2 Å². The van der Waals surface area contributed by atoms with E-state index < -0.39 is 0 Å². The molecule has 0 saturated heterocycles. The molecule has 112 valence electrons. The number of nitrogens with zero attached hydrogens (tertiary/aromatic N) is 3. The zero-order valence-electron chi connectivity index (χ0n) is 11.2. The summed E-state index contributed by atoms with van der Waals surface area (Å²) in [6.45, 7) is -0.215. The zero-order valence-corrected chi connectivity index (χ0v) is 12.7. The average Bonchev–Trinajstić information content (AvgIpc) is 2.90. The van der Waals surface area contributed by atoms with Crippen molar-refractivity contribution in [3.05, 3.63) is 52.5 Å². The number of carbonyl (C=O) groups is 1. The SMILES string of the molecule is O=C(COn1nnc2ccc(Cl)cc21)Nc1ccc(Cl)cc1. The van der Waals surface area contributed by atoms with Crippen LogP contribution in [0.4, 0.5) is 5.69 Å². The number of benzene rings is 2. The molecule has 3 aromatic rings. The third-order valence-electron chi connectivity index (χ3n) is 2.82. The summed E-state index contributed by atoms with van der Waals surface area (Å²) in [6.07, 6.45) is 0. The first kappa shape index (κ1) is 14.6. The normalized spacial score (nSPS) is 10.6. The molecule has 0 spiro atoms. The van der Waals surface area contributed by atoms with Crippen molar-refractivity contribution in [3.8, 4) is 0 Å². The Kier molecular flexibility index (Phi) is 4.13. The Morgan fingerprint density at radius 3 is 2.64 bits per heavy atom. The van der Waals surface area contributed by atoms with Crippen molar-refractivity contribution in [2.75, 3.05) is 11.9 Å². The van der Waals surface area contributed by atoms with Crippen molar-refractivity contribution in [2.24, 2.45) is 0 Å². The van der Waals surface area contributed by atoms with E-state index in [0.717, 1.165) is 0 Å². The minimum Gasteiger partial charge on any atom is -0.385 e. The lowest BCUT2D eigenvalue weighted by molar-refractivity contribution is -0.121. The number of anilines is 1. The van der Waals surface area contributed by atoms with Gasteiger partial charge in [-0.15, -0.1) is 5.10 Å². The van der Waals surface area contributed by atoms with Crippen LogP contribution in [0.1, 0.15) is 0 Å². The van der Waals surface area contributed by atoms with Gasteiger partial charge in [-0.2, -0.15) is 0 Å². The molecule has 1 heterocycles. The molecule has 1 amide bonds. The Labute approximate surface area is 135 Å². The van der Waals surface area contributed by atoms with Gasteiger partial charge in [0.1, 0.15) is 11.0 Å². The smallest absolute Gasteiger partial charge is 0.265 e. The van der Waals surface area contributed by atoms with Crippen molar-refractivity contribution < 1.29 is 9.63 Å². The summed E-state index contributed by atoms with van der Waals surface area (Å²) in [7, 11) is 0. The Balaban J connectivity index is 1.64. The fraction of sp³-hybridized carbons (Fsp3) is 0.0714. The van der Waals surface area contributed by atoms with E-state index in [1.54, 1.807) is 42.5 Å². The second-order valence-electron chi connectivity index (χ2n) is 4.42. The number of fused-ring (bicyclic) bond motifs is 1. The highest BCUT2D eigenvalue weighted by molar-refractivity contribution is 6.31. The van der Waals surface area contributed by atoms with E-state index in [1.165, 1.54) is 4.85 Å². The Morgan fingerprint density at radius 2 is 1.86 bits per heavy atom. The molecule has 0 unspecified atom stereocenters. The van der Waals surface area contributed by atoms with Gasteiger partial charge in [-0.3, -0.25) is 4.79 Å². The molecule has 1 aromatic heterocycles. The third kappa shape index (κ3) is 3.29. The molecule has 3 rings (SSSR count). The number of halogens is 2. The number of hydrogen-bond donors (Lipinski definition) is 1. The monoisotopic (exact) mass is 336 g/mol. The lowest BCUT2D eigenvalue weighted by Crippen LogP contribution is -2.26. The molecule has 0 saturated carbocycles. The first-order valence-corrected chi connectivity index (χ1v) is 7.07. The fourth-order valence-corrected chi connectivity index (χ4v) is 2.11. The molecule has 22 heavy (non-hydrogen) atoms. The highest BCUT2D eigenvalue weighted by Gasteiger charge is 2.09. The van der Waals surface area contributed by atoms with Gasteiger partial charge in [0.05, 0.1) is 0 Å². The van der Waals surface area contributed by atoms with Crippen molar-refractivity contribution in [1.29, 1.82) is 0 Å². The fourth-order valence-electron chi connectivity index (χ4n) is 1.82. The number of rotatable bonds is 4. The molecule has 2 aromatic carbocycles. The molecule has 6 nitrogen and oxygen atoms in total. The zero-order chi connectivity index (χ0) is 15.5. The molecule has 0 aliphatic heterocycles. The van der Waals surface area contributed by atoms with Crippen LogP contribution in [0.5, 0.6) is 0 Å². The number of hydrogen-bond acceptors (Lipinski definition) is 4. The summed E-state index contributed by atoms with van der Waals surface area (Å²) in [4.78, 5) is 18.3. The van der Waals surface area contributed by atoms with Gasteiger partial charge in [-0.05, 0) is 47.7 Å². The highest BCUT2D eigenvalue weighted by Crippen LogP contribution is 2.16. The number of carbonyl (C=O) groups excluding carboxylic acids is 1. The van der Waals surface area contributed by atoms with Gasteiger partial charge >= 0.3 is 0 Å². The van der Waals surface area contributed by atoms with Crippen LogP contribution in [0.15, 0.2) is 42.5 Å². The molecule has 0 atom stereocenters. The lowest BCUT2D eigenvalue weighted by Gasteiger charge is -2.07. The molecule has 1 N–H and O–H groups in total. The first-order valence-electron chi connectivity index (χ1n) is 6.31. The minimum atomic E-state index is -0.326. The summed E-state index contributed by atoms with van der Waals surface area (Å²) in [5, 5.41) is 11.5. The van der Waals surface area contributed by atoms with Crippen molar-refractivity contribution in [2.45, 2.75) is 0 Å². The van der Waals surface area contributed by atoms with E-state index in [2.05, 4.69) is 15.6 Å².